The molecule has 0 rings (SSSR count). The highest BCUT2D eigenvalue weighted by molar-refractivity contribution is 6.84. The van der Waals surface area contributed by atoms with E-state index in [4.69, 9.17) is 8.23 Å². The Hall–Kier alpha value is 0.571. The zero-order valence-corrected chi connectivity index (χ0v) is 18.9. The van der Waals surface area contributed by atoms with Crippen LogP contribution in [0.25, 0.3) is 0 Å². The third-order valence-corrected chi connectivity index (χ3v) is 21.3. The predicted octanol–water partition coefficient (Wildman–Crippen LogP) is 5.66. The lowest BCUT2D eigenvalue weighted by atomic mass is 10.5. The molecule has 0 heterocycles. The van der Waals surface area contributed by atoms with Gasteiger partial charge in [0.1, 0.15) is 0 Å². The van der Waals surface area contributed by atoms with Gasteiger partial charge in [-0.3, -0.25) is 0 Å². The van der Waals surface area contributed by atoms with Crippen LogP contribution in [-0.4, -0.2) is 25.9 Å². The van der Waals surface area contributed by atoms with Crippen LogP contribution in [-0.2, 0) is 8.23 Å². The average Bonchev–Trinajstić information content (AvgIpc) is 2.27. The summed E-state index contributed by atoms with van der Waals surface area (Å²) < 4.78 is 13.3. The molecule has 0 aliphatic rings. The summed E-state index contributed by atoms with van der Waals surface area (Å²) in [4.78, 5) is 0. The van der Waals surface area contributed by atoms with Crippen LogP contribution in [0.15, 0.2) is 0 Å². The first-order chi connectivity index (χ1) is 8.87. The van der Waals surface area contributed by atoms with Crippen molar-refractivity contribution in [1.29, 1.82) is 0 Å². The van der Waals surface area contributed by atoms with Gasteiger partial charge in [0.05, 0.1) is 0 Å². The summed E-state index contributed by atoms with van der Waals surface area (Å²) in [5.74, 6) is 0. The third kappa shape index (κ3) is 4.80. The van der Waals surface area contributed by atoms with E-state index < -0.39 is 25.9 Å². The molecule has 0 aromatic carbocycles. The molecule has 0 bridgehead atoms. The molecule has 0 aliphatic heterocycles. The lowest BCUT2D eigenvalue weighted by Crippen LogP contribution is -2.51. The SMILES string of the molecule is CC(C)[Si](C)(O[SiH](C)O[Si](C)(C(C)C)C(C)C)C(C)C. The Balaban J connectivity index is 4.97. The first kappa shape index (κ1) is 20.6. The zero-order valence-electron chi connectivity index (χ0n) is 15.7. The normalized spacial score (nSPS) is 14.4. The van der Waals surface area contributed by atoms with Crippen LogP contribution >= 0.6 is 0 Å². The van der Waals surface area contributed by atoms with E-state index in [0.29, 0.717) is 22.2 Å². The first-order valence-electron chi connectivity index (χ1n) is 8.23. The Bertz CT molecular complexity index is 247. The minimum absolute atomic E-state index is 0.645. The molecule has 0 saturated carbocycles. The van der Waals surface area contributed by atoms with Crippen molar-refractivity contribution in [3.05, 3.63) is 0 Å². The van der Waals surface area contributed by atoms with E-state index in [1.165, 1.54) is 0 Å². The molecule has 0 saturated heterocycles. The van der Waals surface area contributed by atoms with Gasteiger partial charge in [-0.15, -0.1) is 0 Å². The van der Waals surface area contributed by atoms with Crippen LogP contribution in [0.3, 0.4) is 0 Å². The minimum Gasteiger partial charge on any atom is -0.438 e. The lowest BCUT2D eigenvalue weighted by Gasteiger charge is -2.42. The average molecular weight is 335 g/mol. The summed E-state index contributed by atoms with van der Waals surface area (Å²) in [5.41, 5.74) is 2.58. The monoisotopic (exact) mass is 334 g/mol. The molecule has 0 spiro atoms. The van der Waals surface area contributed by atoms with Crippen molar-refractivity contribution >= 4 is 25.9 Å². The topological polar surface area (TPSA) is 18.5 Å². The van der Waals surface area contributed by atoms with Gasteiger partial charge < -0.3 is 8.23 Å². The van der Waals surface area contributed by atoms with Gasteiger partial charge in [-0.25, -0.2) is 0 Å². The van der Waals surface area contributed by atoms with E-state index in [1.54, 1.807) is 0 Å². The Labute approximate surface area is 131 Å². The maximum absolute atomic E-state index is 6.65. The van der Waals surface area contributed by atoms with Gasteiger partial charge in [0, 0.05) is 0 Å². The number of hydrogen-bond acceptors (Lipinski definition) is 2. The fourth-order valence-corrected chi connectivity index (χ4v) is 16.0. The van der Waals surface area contributed by atoms with E-state index >= 15 is 0 Å². The van der Waals surface area contributed by atoms with Crippen molar-refractivity contribution < 1.29 is 8.23 Å². The van der Waals surface area contributed by atoms with Crippen molar-refractivity contribution in [2.45, 2.75) is 97.2 Å². The maximum Gasteiger partial charge on any atom is 0.297 e. The van der Waals surface area contributed by atoms with E-state index in [1.807, 2.05) is 0 Å². The highest BCUT2D eigenvalue weighted by Crippen LogP contribution is 2.37. The van der Waals surface area contributed by atoms with E-state index in [2.05, 4.69) is 75.0 Å². The van der Waals surface area contributed by atoms with Crippen molar-refractivity contribution in [2.24, 2.45) is 0 Å². The summed E-state index contributed by atoms with van der Waals surface area (Å²) in [6.07, 6.45) is 0. The summed E-state index contributed by atoms with van der Waals surface area (Å²) in [5, 5.41) is 0. The molecule has 0 radical (unpaired) electrons. The molecule has 0 amide bonds. The van der Waals surface area contributed by atoms with Crippen molar-refractivity contribution in [1.82, 2.24) is 0 Å². The van der Waals surface area contributed by atoms with Crippen LogP contribution in [0.5, 0.6) is 0 Å². The summed E-state index contributed by atoms with van der Waals surface area (Å²) in [6.45, 7) is 25.5. The van der Waals surface area contributed by atoms with E-state index in [9.17, 15) is 0 Å². The molecular formula is C15H38O2Si3. The molecule has 0 N–H and O–H groups in total. The largest absolute Gasteiger partial charge is 0.438 e. The van der Waals surface area contributed by atoms with Gasteiger partial charge in [-0.1, -0.05) is 55.4 Å². The highest BCUT2D eigenvalue weighted by Gasteiger charge is 2.42. The third-order valence-electron chi connectivity index (χ3n) is 5.43. The molecular weight excluding hydrogens is 296 g/mol. The second kappa shape index (κ2) is 7.72. The minimum atomic E-state index is -1.68. The van der Waals surface area contributed by atoms with E-state index in [-0.39, 0.29) is 0 Å². The predicted molar refractivity (Wildman–Crippen MR) is 98.8 cm³/mol. The van der Waals surface area contributed by atoms with Crippen LogP contribution < -0.4 is 0 Å². The molecule has 0 fully saturated rings. The Kier molecular flexibility index (Phi) is 7.94. The fraction of sp³-hybridized carbons (Fsp3) is 1.00. The molecule has 0 aromatic heterocycles. The molecule has 0 aliphatic carbocycles. The van der Waals surface area contributed by atoms with Gasteiger partial charge in [0.2, 0.25) is 0 Å². The van der Waals surface area contributed by atoms with Gasteiger partial charge in [0.25, 0.3) is 9.28 Å². The first-order valence-corrected chi connectivity index (χ1v) is 15.5. The van der Waals surface area contributed by atoms with E-state index in [0.717, 1.165) is 0 Å². The number of rotatable bonds is 8. The quantitative estimate of drug-likeness (QED) is 0.533. The van der Waals surface area contributed by atoms with Crippen LogP contribution in [0.1, 0.15) is 55.4 Å². The summed E-state index contributed by atoms with van der Waals surface area (Å²) in [6, 6.07) is 0. The fourth-order valence-electron chi connectivity index (χ4n) is 2.62. The van der Waals surface area contributed by atoms with Gasteiger partial charge >= 0.3 is 0 Å². The molecule has 122 valence electrons. The summed E-state index contributed by atoms with van der Waals surface area (Å²) >= 11 is 0. The van der Waals surface area contributed by atoms with Gasteiger partial charge in [-0.2, -0.15) is 0 Å². The Morgan fingerprint density at radius 3 is 0.950 bits per heavy atom. The van der Waals surface area contributed by atoms with Crippen LogP contribution in [0.4, 0.5) is 0 Å². The van der Waals surface area contributed by atoms with Crippen LogP contribution in [0.2, 0.25) is 41.8 Å². The second-order valence-electron chi connectivity index (χ2n) is 7.79. The molecule has 20 heavy (non-hydrogen) atoms. The van der Waals surface area contributed by atoms with Crippen molar-refractivity contribution in [3.8, 4) is 0 Å². The van der Waals surface area contributed by atoms with Gasteiger partial charge in [-0.05, 0) is 41.8 Å². The second-order valence-corrected chi connectivity index (χ2v) is 20.2. The van der Waals surface area contributed by atoms with Crippen LogP contribution in [0, 0.1) is 0 Å². The Morgan fingerprint density at radius 2 is 0.800 bits per heavy atom. The Morgan fingerprint density at radius 1 is 0.600 bits per heavy atom. The van der Waals surface area contributed by atoms with Gasteiger partial charge in [0.15, 0.2) is 16.6 Å². The number of hydrogen-bond donors (Lipinski definition) is 0. The standard InChI is InChI=1S/C15H38O2Si3/c1-12(2)19(10,13(3)4)16-18(9)17-20(11,14(5)6)15(7)8/h12-15,18H,1-11H3. The lowest BCUT2D eigenvalue weighted by molar-refractivity contribution is 0.391. The zero-order chi connectivity index (χ0) is 16.3. The maximum atomic E-state index is 6.65. The summed E-state index contributed by atoms with van der Waals surface area (Å²) in [7, 11) is -4.91. The molecule has 5 heteroatoms. The molecule has 0 unspecified atom stereocenters. The highest BCUT2D eigenvalue weighted by atomic mass is 28.4. The molecule has 2 nitrogen and oxygen atoms in total. The molecule has 0 atom stereocenters. The van der Waals surface area contributed by atoms with Crippen molar-refractivity contribution in [2.75, 3.05) is 0 Å². The van der Waals surface area contributed by atoms with Crippen molar-refractivity contribution in [3.63, 3.8) is 0 Å². The molecule has 0 aromatic rings. The smallest absolute Gasteiger partial charge is 0.297 e.